The summed E-state index contributed by atoms with van der Waals surface area (Å²) in [5.74, 6) is -3.60. The van der Waals surface area contributed by atoms with Crippen molar-refractivity contribution in [3.8, 4) is 0 Å². The predicted octanol–water partition coefficient (Wildman–Crippen LogP) is 5.08. The number of benzene rings is 2. The minimum atomic E-state index is -4.85. The van der Waals surface area contributed by atoms with Crippen LogP contribution in [-0.4, -0.2) is 39.9 Å². The first-order valence-corrected chi connectivity index (χ1v) is 10.4. The molecule has 6 nitrogen and oxygen atoms in total. The van der Waals surface area contributed by atoms with Crippen molar-refractivity contribution in [3.05, 3.63) is 58.4 Å². The summed E-state index contributed by atoms with van der Waals surface area (Å²) >= 11 is 5.98. The number of aliphatic carboxylic acids is 1. The van der Waals surface area contributed by atoms with Gasteiger partial charge in [-0.3, -0.25) is 9.59 Å². The number of carbonyl (C=O) groups excluding carboxylic acids is 1. The molecule has 1 fully saturated rings. The number of carboxylic acid groups (broad SMARTS) is 1. The highest BCUT2D eigenvalue weighted by Gasteiger charge is 2.38. The number of piperidine rings is 1. The molecule has 1 saturated heterocycles. The van der Waals surface area contributed by atoms with Crippen LogP contribution in [0.5, 0.6) is 0 Å². The maximum Gasteiger partial charge on any atom is 0.417 e. The highest BCUT2D eigenvalue weighted by molar-refractivity contribution is 6.34. The molecule has 0 spiro atoms. The first-order chi connectivity index (χ1) is 15.5. The molecule has 1 aromatic heterocycles. The van der Waals surface area contributed by atoms with Crippen molar-refractivity contribution in [2.24, 2.45) is 11.8 Å². The van der Waals surface area contributed by atoms with Gasteiger partial charge in [0, 0.05) is 13.1 Å². The van der Waals surface area contributed by atoms with Gasteiger partial charge in [0.25, 0.3) is 5.91 Å². The number of hydrogen-bond acceptors (Lipinski definition) is 4. The third-order valence-electron chi connectivity index (χ3n) is 5.89. The summed E-state index contributed by atoms with van der Waals surface area (Å²) in [6.45, 7) is 2.20. The Balaban J connectivity index is 1.85. The zero-order chi connectivity index (χ0) is 24.1. The Labute approximate surface area is 190 Å². The molecule has 1 aliphatic heterocycles. The van der Waals surface area contributed by atoms with Crippen LogP contribution in [0, 0.1) is 17.7 Å². The largest absolute Gasteiger partial charge is 0.481 e. The number of alkyl halides is 3. The fourth-order valence-corrected chi connectivity index (χ4v) is 4.53. The zero-order valence-corrected chi connectivity index (χ0v) is 18.0. The lowest BCUT2D eigenvalue weighted by molar-refractivity contribution is -0.144. The molecule has 3 aromatic rings. The van der Waals surface area contributed by atoms with E-state index in [1.54, 1.807) is 11.8 Å². The lowest BCUT2D eigenvalue weighted by Crippen LogP contribution is -2.42. The Hall–Kier alpha value is -3.14. The van der Waals surface area contributed by atoms with Crippen LogP contribution in [0.4, 0.5) is 23.4 Å². The minimum Gasteiger partial charge on any atom is -0.481 e. The van der Waals surface area contributed by atoms with E-state index in [2.05, 4.69) is 5.10 Å². The molecule has 2 heterocycles. The van der Waals surface area contributed by atoms with E-state index in [-0.39, 0.29) is 42.1 Å². The quantitative estimate of drug-likeness (QED) is 0.526. The van der Waals surface area contributed by atoms with Gasteiger partial charge in [-0.05, 0) is 36.6 Å². The molecule has 4 rings (SSSR count). The Morgan fingerprint density at radius 1 is 1.18 bits per heavy atom. The number of carbonyl (C=O) groups is 2. The number of fused-ring (bicyclic) bond motifs is 1. The molecule has 0 radical (unpaired) electrons. The van der Waals surface area contributed by atoms with E-state index in [1.165, 1.54) is 12.1 Å². The second-order valence-corrected chi connectivity index (χ2v) is 8.40. The first-order valence-electron chi connectivity index (χ1n) is 10.1. The Morgan fingerprint density at radius 3 is 2.52 bits per heavy atom. The van der Waals surface area contributed by atoms with E-state index in [0.717, 1.165) is 28.9 Å². The van der Waals surface area contributed by atoms with E-state index in [4.69, 9.17) is 11.6 Å². The van der Waals surface area contributed by atoms with E-state index in [9.17, 15) is 32.3 Å². The van der Waals surface area contributed by atoms with Crippen molar-refractivity contribution < 1.29 is 32.3 Å². The molecule has 0 amide bonds. The smallest absolute Gasteiger partial charge is 0.417 e. The maximum absolute atomic E-state index is 14.8. The number of halogens is 5. The second kappa shape index (κ2) is 8.33. The monoisotopic (exact) mass is 483 g/mol. The first kappa shape index (κ1) is 23.0. The normalized spacial score (nSPS) is 19.2. The van der Waals surface area contributed by atoms with Crippen LogP contribution in [0.2, 0.25) is 5.02 Å². The SMILES string of the molecule is C[C@H]1CN(c2nn(C(=O)c3c(Cl)cccc3C(F)(F)F)c3cccc(F)c23)CC[C@@H]1C(=O)O. The highest BCUT2D eigenvalue weighted by Crippen LogP contribution is 2.37. The Morgan fingerprint density at radius 2 is 1.88 bits per heavy atom. The third-order valence-corrected chi connectivity index (χ3v) is 6.20. The second-order valence-electron chi connectivity index (χ2n) is 7.99. The summed E-state index contributed by atoms with van der Waals surface area (Å²) in [5, 5.41) is 13.1. The van der Waals surface area contributed by atoms with Crippen LogP contribution in [0.3, 0.4) is 0 Å². The van der Waals surface area contributed by atoms with Crippen LogP contribution in [0.25, 0.3) is 10.9 Å². The molecule has 174 valence electrons. The van der Waals surface area contributed by atoms with Crippen molar-refractivity contribution in [2.75, 3.05) is 18.0 Å². The molecular weight excluding hydrogens is 466 g/mol. The van der Waals surface area contributed by atoms with Crippen LogP contribution >= 0.6 is 11.6 Å². The molecule has 1 N–H and O–H groups in total. The molecule has 0 bridgehead atoms. The van der Waals surface area contributed by atoms with E-state index >= 15 is 0 Å². The van der Waals surface area contributed by atoms with Crippen molar-refractivity contribution in [1.29, 1.82) is 0 Å². The van der Waals surface area contributed by atoms with Gasteiger partial charge in [0.05, 0.1) is 33.0 Å². The van der Waals surface area contributed by atoms with Crippen molar-refractivity contribution in [1.82, 2.24) is 9.78 Å². The zero-order valence-electron chi connectivity index (χ0n) is 17.2. The summed E-state index contributed by atoms with van der Waals surface area (Å²) < 4.78 is 56.3. The predicted molar refractivity (Wildman–Crippen MR) is 113 cm³/mol. The van der Waals surface area contributed by atoms with E-state index in [0.29, 0.717) is 0 Å². The fourth-order valence-electron chi connectivity index (χ4n) is 4.27. The number of rotatable bonds is 3. The number of anilines is 1. The van der Waals surface area contributed by atoms with Gasteiger partial charge in [0.1, 0.15) is 5.82 Å². The minimum absolute atomic E-state index is 0.0175. The van der Waals surface area contributed by atoms with Gasteiger partial charge in [0.15, 0.2) is 5.82 Å². The summed E-state index contributed by atoms with van der Waals surface area (Å²) in [7, 11) is 0. The molecule has 11 heteroatoms. The molecule has 0 aliphatic carbocycles. The molecular formula is C22H18ClF4N3O3. The maximum atomic E-state index is 14.8. The number of nitrogens with zero attached hydrogens (tertiary/aromatic N) is 3. The Bertz CT molecular complexity index is 1260. The number of aromatic nitrogens is 2. The van der Waals surface area contributed by atoms with Gasteiger partial charge in [-0.2, -0.15) is 17.9 Å². The molecule has 2 aromatic carbocycles. The average molecular weight is 484 g/mol. The van der Waals surface area contributed by atoms with Crippen molar-refractivity contribution in [3.63, 3.8) is 0 Å². The van der Waals surface area contributed by atoms with Crippen LogP contribution in [0.15, 0.2) is 36.4 Å². The van der Waals surface area contributed by atoms with Crippen LogP contribution < -0.4 is 4.90 Å². The Kier molecular flexibility index (Phi) is 5.81. The van der Waals surface area contributed by atoms with Gasteiger partial charge >= 0.3 is 12.1 Å². The van der Waals surface area contributed by atoms with E-state index < -0.39 is 45.9 Å². The van der Waals surface area contributed by atoms with Gasteiger partial charge in [0.2, 0.25) is 0 Å². The van der Waals surface area contributed by atoms with Gasteiger partial charge < -0.3 is 10.0 Å². The van der Waals surface area contributed by atoms with Gasteiger partial charge in [-0.25, -0.2) is 4.39 Å². The molecule has 2 atom stereocenters. The topological polar surface area (TPSA) is 75.4 Å². The average Bonchev–Trinajstić information content (AvgIpc) is 3.13. The standard InChI is InChI=1S/C22H18ClF4N3O3/c1-11-10-29(9-8-12(11)21(32)33)19-18-15(24)6-3-7-16(18)30(28-19)20(31)17-13(22(25,26)27)4-2-5-14(17)23/h2-7,11-12H,8-10H2,1H3,(H,32,33)/t11-,12-/m0/s1. The summed E-state index contributed by atoms with van der Waals surface area (Å²) in [5.41, 5.74) is -2.03. The molecule has 0 saturated carbocycles. The van der Waals surface area contributed by atoms with Gasteiger partial charge in [-0.1, -0.05) is 30.7 Å². The molecule has 33 heavy (non-hydrogen) atoms. The summed E-state index contributed by atoms with van der Waals surface area (Å²) in [4.78, 5) is 26.3. The summed E-state index contributed by atoms with van der Waals surface area (Å²) in [6.07, 6.45) is -4.57. The van der Waals surface area contributed by atoms with Gasteiger partial charge in [-0.15, -0.1) is 5.10 Å². The number of carboxylic acids is 1. The van der Waals surface area contributed by atoms with Crippen molar-refractivity contribution >= 4 is 40.2 Å². The number of hydrogen-bond donors (Lipinski definition) is 1. The molecule has 0 unspecified atom stereocenters. The van der Waals surface area contributed by atoms with Crippen LogP contribution in [-0.2, 0) is 11.0 Å². The van der Waals surface area contributed by atoms with E-state index in [1.807, 2.05) is 0 Å². The van der Waals surface area contributed by atoms with Crippen molar-refractivity contribution in [2.45, 2.75) is 19.5 Å². The third kappa shape index (κ3) is 4.03. The fraction of sp³-hybridized carbons (Fsp3) is 0.318. The lowest BCUT2D eigenvalue weighted by atomic mass is 9.87. The van der Waals surface area contributed by atoms with Crippen LogP contribution in [0.1, 0.15) is 29.3 Å². The lowest BCUT2D eigenvalue weighted by Gasteiger charge is -2.35. The molecule has 1 aliphatic rings. The summed E-state index contributed by atoms with van der Waals surface area (Å²) in [6, 6.07) is 6.85. The highest BCUT2D eigenvalue weighted by atomic mass is 35.5.